The zero-order valence-corrected chi connectivity index (χ0v) is 18.0. The summed E-state index contributed by atoms with van der Waals surface area (Å²) < 4.78 is 24.8. The van der Waals surface area contributed by atoms with Gasteiger partial charge in [-0.1, -0.05) is 23.8 Å². The maximum atomic E-state index is 12.7. The van der Waals surface area contributed by atoms with Crippen molar-refractivity contribution in [2.45, 2.75) is 38.5 Å². The summed E-state index contributed by atoms with van der Waals surface area (Å²) in [6.07, 6.45) is 0.347. The van der Waals surface area contributed by atoms with Gasteiger partial charge in [0.05, 0.1) is 17.4 Å². The second-order valence-electron chi connectivity index (χ2n) is 7.99. The van der Waals surface area contributed by atoms with Gasteiger partial charge in [-0.05, 0) is 39.1 Å². The molecule has 28 heavy (non-hydrogen) atoms. The van der Waals surface area contributed by atoms with Crippen LogP contribution in [0.15, 0.2) is 18.2 Å². The van der Waals surface area contributed by atoms with Gasteiger partial charge in [0.2, 0.25) is 5.91 Å². The molecule has 7 nitrogen and oxygen atoms in total. The molecule has 0 aromatic heterocycles. The van der Waals surface area contributed by atoms with E-state index >= 15 is 0 Å². The van der Waals surface area contributed by atoms with Crippen molar-refractivity contribution in [1.29, 1.82) is 0 Å². The number of sulfone groups is 1. The average molecular weight is 411 g/mol. The predicted octanol–water partition coefficient (Wildman–Crippen LogP) is 1.12. The van der Waals surface area contributed by atoms with E-state index in [1.54, 1.807) is 4.90 Å². The summed E-state index contributed by atoms with van der Waals surface area (Å²) in [5, 5.41) is 7.02. The number of amides is 1. The van der Waals surface area contributed by atoms with E-state index in [1.165, 1.54) is 0 Å². The van der Waals surface area contributed by atoms with Crippen molar-refractivity contribution < 1.29 is 23.1 Å². The number of nitrogens with zero attached hydrogens (tertiary/aromatic N) is 2. The molecule has 0 radical (unpaired) electrons. The van der Waals surface area contributed by atoms with Crippen molar-refractivity contribution in [3.05, 3.63) is 34.9 Å². The number of carbonyl (C=O) groups is 2. The van der Waals surface area contributed by atoms with Gasteiger partial charge in [-0.25, -0.2) is 8.42 Å². The molecule has 2 aliphatic rings. The Kier molecular flexibility index (Phi) is 6.88. The van der Waals surface area contributed by atoms with Crippen molar-refractivity contribution in [1.82, 2.24) is 9.80 Å². The van der Waals surface area contributed by atoms with E-state index in [-0.39, 0.29) is 23.6 Å². The Hall–Kier alpha value is -1.93. The molecule has 1 aromatic rings. The number of carbonyl (C=O) groups excluding carboxylic acids is 1. The lowest BCUT2D eigenvalue weighted by Crippen LogP contribution is -2.39. The average Bonchev–Trinajstić information content (AvgIpc) is 3.10. The third-order valence-electron chi connectivity index (χ3n) is 5.53. The van der Waals surface area contributed by atoms with Crippen LogP contribution < -0.4 is 0 Å². The van der Waals surface area contributed by atoms with E-state index in [9.17, 15) is 13.2 Å². The van der Waals surface area contributed by atoms with Crippen LogP contribution in [-0.4, -0.2) is 79.4 Å². The number of hydrogen-bond acceptors (Lipinski definition) is 5. The van der Waals surface area contributed by atoms with Gasteiger partial charge in [0.25, 0.3) is 5.97 Å². The largest absolute Gasteiger partial charge is 0.481 e. The van der Waals surface area contributed by atoms with Gasteiger partial charge in [-0.15, -0.1) is 0 Å². The number of aryl methyl sites for hydroxylation is 2. The van der Waals surface area contributed by atoms with Crippen molar-refractivity contribution >= 4 is 21.7 Å². The van der Waals surface area contributed by atoms with E-state index < -0.39 is 21.1 Å². The SMILES string of the molecule is CC(=O)O.Cc1ccc(C)c(CC(=O)N2C[C@H]3[C@H](N(C)C)CS(=O)(=O)[C@H]3C2)c1. The molecule has 2 heterocycles. The molecule has 0 bridgehead atoms. The molecule has 0 aliphatic carbocycles. The first-order valence-electron chi connectivity index (χ1n) is 9.33. The molecule has 0 unspecified atom stereocenters. The zero-order chi connectivity index (χ0) is 21.2. The van der Waals surface area contributed by atoms with Crippen molar-refractivity contribution in [3.63, 3.8) is 0 Å². The third-order valence-corrected chi connectivity index (χ3v) is 7.76. The highest BCUT2D eigenvalue weighted by molar-refractivity contribution is 7.92. The molecule has 0 spiro atoms. The standard InChI is InChI=1S/C18H26N2O3S.C2H4O2/c1-12-5-6-13(2)14(7-12)8-18(21)20-9-15-16(19(3)4)11-24(22,23)17(15)10-20;1-2(3)4/h5-7,15-17H,8-11H2,1-4H3;1H3,(H,3,4)/t15-,16+,17-;/m0./s1. The second-order valence-corrected chi connectivity index (χ2v) is 10.3. The fourth-order valence-electron chi connectivity index (χ4n) is 4.03. The van der Waals surface area contributed by atoms with Gasteiger partial charge in [-0.3, -0.25) is 9.59 Å². The molecular formula is C20H30N2O5S. The third kappa shape index (κ3) is 5.11. The molecule has 2 aliphatic heterocycles. The number of hydrogen-bond donors (Lipinski definition) is 1. The van der Waals surface area contributed by atoms with Crippen LogP contribution in [0.25, 0.3) is 0 Å². The van der Waals surface area contributed by atoms with Gasteiger partial charge in [0.1, 0.15) is 0 Å². The normalized spacial score (nSPS) is 25.2. The minimum atomic E-state index is -3.11. The number of fused-ring (bicyclic) bond motifs is 1. The molecule has 0 saturated carbocycles. The fraction of sp³-hybridized carbons (Fsp3) is 0.600. The zero-order valence-electron chi connectivity index (χ0n) is 17.2. The lowest BCUT2D eigenvalue weighted by molar-refractivity contribution is -0.134. The Bertz CT molecular complexity index is 846. The van der Waals surface area contributed by atoms with E-state index in [2.05, 4.69) is 0 Å². The number of aliphatic carboxylic acids is 1. The summed E-state index contributed by atoms with van der Waals surface area (Å²) >= 11 is 0. The molecule has 3 atom stereocenters. The van der Waals surface area contributed by atoms with Crippen molar-refractivity contribution in [3.8, 4) is 0 Å². The van der Waals surface area contributed by atoms with Crippen LogP contribution in [0.1, 0.15) is 23.6 Å². The number of carboxylic acids is 1. The molecule has 156 valence electrons. The van der Waals surface area contributed by atoms with E-state index in [4.69, 9.17) is 9.90 Å². The fourth-order valence-corrected chi connectivity index (χ4v) is 6.51. The highest BCUT2D eigenvalue weighted by Crippen LogP contribution is 2.36. The van der Waals surface area contributed by atoms with Crippen LogP contribution in [0.3, 0.4) is 0 Å². The summed E-state index contributed by atoms with van der Waals surface area (Å²) in [5.74, 6) is -0.549. The van der Waals surface area contributed by atoms with Crippen molar-refractivity contribution in [2.24, 2.45) is 5.92 Å². The van der Waals surface area contributed by atoms with Crippen molar-refractivity contribution in [2.75, 3.05) is 32.9 Å². The quantitative estimate of drug-likeness (QED) is 0.803. The Labute approximate surface area is 167 Å². The van der Waals surface area contributed by atoms with E-state index in [0.717, 1.165) is 23.6 Å². The van der Waals surface area contributed by atoms with Gasteiger partial charge < -0.3 is 14.9 Å². The maximum Gasteiger partial charge on any atom is 0.300 e. The van der Waals surface area contributed by atoms with Crippen LogP contribution in [0, 0.1) is 19.8 Å². The minimum absolute atomic E-state index is 0.0125. The highest BCUT2D eigenvalue weighted by Gasteiger charge is 2.53. The topological polar surface area (TPSA) is 95.0 Å². The van der Waals surface area contributed by atoms with Gasteiger partial charge in [-0.2, -0.15) is 0 Å². The monoisotopic (exact) mass is 410 g/mol. The lowest BCUT2D eigenvalue weighted by atomic mass is 10.00. The summed E-state index contributed by atoms with van der Waals surface area (Å²) in [5.41, 5.74) is 3.27. The van der Waals surface area contributed by atoms with Crippen LogP contribution in [0.2, 0.25) is 0 Å². The molecule has 2 fully saturated rings. The van der Waals surface area contributed by atoms with E-state index in [1.807, 2.05) is 51.0 Å². The minimum Gasteiger partial charge on any atom is -0.481 e. The van der Waals surface area contributed by atoms with Gasteiger partial charge >= 0.3 is 0 Å². The molecule has 3 rings (SSSR count). The number of rotatable bonds is 3. The summed E-state index contributed by atoms with van der Waals surface area (Å²) in [6.45, 7) is 6.01. The highest BCUT2D eigenvalue weighted by atomic mass is 32.2. The second kappa shape index (κ2) is 8.61. The van der Waals surface area contributed by atoms with Gasteiger partial charge in [0, 0.05) is 32.0 Å². The molecule has 1 amide bonds. The Morgan fingerprint density at radius 1 is 1.21 bits per heavy atom. The Morgan fingerprint density at radius 3 is 2.39 bits per heavy atom. The summed E-state index contributed by atoms with van der Waals surface area (Å²) in [7, 11) is 0.732. The van der Waals surface area contributed by atoms with Crippen LogP contribution in [0.5, 0.6) is 0 Å². The van der Waals surface area contributed by atoms with Crippen LogP contribution in [0.4, 0.5) is 0 Å². The molecular weight excluding hydrogens is 380 g/mol. The number of benzene rings is 1. The predicted molar refractivity (Wildman–Crippen MR) is 108 cm³/mol. The van der Waals surface area contributed by atoms with Crippen LogP contribution in [-0.2, 0) is 25.8 Å². The summed E-state index contributed by atoms with van der Waals surface area (Å²) in [4.78, 5) is 25.5. The van der Waals surface area contributed by atoms with Gasteiger partial charge in [0.15, 0.2) is 9.84 Å². The first-order chi connectivity index (χ1) is 12.9. The Balaban J connectivity index is 0.000000640. The lowest BCUT2D eigenvalue weighted by Gasteiger charge is -2.25. The molecule has 1 N–H and O–H groups in total. The van der Waals surface area contributed by atoms with E-state index in [0.29, 0.717) is 19.5 Å². The molecule has 2 saturated heterocycles. The number of carboxylic acid groups (broad SMARTS) is 1. The first kappa shape index (κ1) is 22.4. The van der Waals surface area contributed by atoms with Crippen LogP contribution >= 0.6 is 0 Å². The maximum absolute atomic E-state index is 12.7. The summed E-state index contributed by atoms with van der Waals surface area (Å²) in [6, 6.07) is 6.13. The molecule has 8 heteroatoms. The first-order valence-corrected chi connectivity index (χ1v) is 11.1. The smallest absolute Gasteiger partial charge is 0.300 e. The number of likely N-dealkylation sites (tertiary alicyclic amines) is 1. The Morgan fingerprint density at radius 2 is 1.82 bits per heavy atom. The molecule has 1 aromatic carbocycles.